The van der Waals surface area contributed by atoms with Crippen molar-refractivity contribution in [3.8, 4) is 22.9 Å². The maximum Gasteiger partial charge on any atom is 0.231 e. The minimum Gasteiger partial charge on any atom is -0.454 e. The van der Waals surface area contributed by atoms with Crippen molar-refractivity contribution in [2.24, 2.45) is 0 Å². The molecule has 1 aromatic heterocycles. The third-order valence-electron chi connectivity index (χ3n) is 2.61. The fourth-order valence-corrected chi connectivity index (χ4v) is 1.67. The highest BCUT2D eigenvalue weighted by molar-refractivity contribution is 5.81. The zero-order valence-electron chi connectivity index (χ0n) is 9.29. The molecular formula is C12H9N3O3. The van der Waals surface area contributed by atoms with Crippen LogP contribution in [0.1, 0.15) is 10.4 Å². The summed E-state index contributed by atoms with van der Waals surface area (Å²) >= 11 is 0. The number of nitrogens with zero attached hydrogens (tertiary/aromatic N) is 2. The summed E-state index contributed by atoms with van der Waals surface area (Å²) in [5.74, 6) is 1.94. The lowest BCUT2D eigenvalue weighted by Crippen LogP contribution is -2.00. The second kappa shape index (κ2) is 3.99. The van der Waals surface area contributed by atoms with E-state index in [1.54, 1.807) is 12.1 Å². The van der Waals surface area contributed by atoms with Crippen LogP contribution < -0.4 is 15.2 Å². The summed E-state index contributed by atoms with van der Waals surface area (Å²) in [6, 6.07) is 5.37. The molecule has 6 heteroatoms. The lowest BCUT2D eigenvalue weighted by Gasteiger charge is -2.03. The largest absolute Gasteiger partial charge is 0.454 e. The van der Waals surface area contributed by atoms with Crippen molar-refractivity contribution in [3.63, 3.8) is 0 Å². The van der Waals surface area contributed by atoms with Gasteiger partial charge in [0.25, 0.3) is 0 Å². The van der Waals surface area contributed by atoms with Gasteiger partial charge in [0.05, 0.1) is 5.56 Å². The van der Waals surface area contributed by atoms with E-state index in [1.807, 2.05) is 6.07 Å². The van der Waals surface area contributed by atoms with Gasteiger partial charge in [-0.25, -0.2) is 9.97 Å². The number of anilines is 1. The maximum absolute atomic E-state index is 10.6. The molecule has 0 fully saturated rings. The monoisotopic (exact) mass is 243 g/mol. The van der Waals surface area contributed by atoms with Gasteiger partial charge in [0.15, 0.2) is 23.6 Å². The number of ether oxygens (including phenoxy) is 2. The van der Waals surface area contributed by atoms with Gasteiger partial charge < -0.3 is 15.2 Å². The van der Waals surface area contributed by atoms with Gasteiger partial charge in [0.2, 0.25) is 6.79 Å². The Labute approximate surface area is 102 Å². The van der Waals surface area contributed by atoms with Crippen LogP contribution in [-0.2, 0) is 0 Å². The number of nitrogens with two attached hydrogens (primary N) is 1. The average Bonchev–Trinajstić information content (AvgIpc) is 2.85. The van der Waals surface area contributed by atoms with Crippen LogP contribution in [0.4, 0.5) is 5.82 Å². The van der Waals surface area contributed by atoms with Crippen molar-refractivity contribution >= 4 is 12.1 Å². The molecule has 2 aromatic rings. The smallest absolute Gasteiger partial charge is 0.231 e. The average molecular weight is 243 g/mol. The lowest BCUT2D eigenvalue weighted by molar-refractivity contribution is 0.112. The molecular weight excluding hydrogens is 234 g/mol. The third kappa shape index (κ3) is 1.64. The first-order chi connectivity index (χ1) is 8.78. The molecule has 0 radical (unpaired) electrons. The Bertz CT molecular complexity index is 628. The van der Waals surface area contributed by atoms with Crippen LogP contribution in [-0.4, -0.2) is 23.0 Å². The van der Waals surface area contributed by atoms with Crippen LogP contribution in [0.2, 0.25) is 0 Å². The number of carbonyl (C=O) groups excluding carboxylic acids is 1. The predicted molar refractivity (Wildman–Crippen MR) is 63.4 cm³/mol. The first-order valence-corrected chi connectivity index (χ1v) is 5.25. The van der Waals surface area contributed by atoms with E-state index in [4.69, 9.17) is 15.2 Å². The Morgan fingerprint density at radius 1 is 1.28 bits per heavy atom. The highest BCUT2D eigenvalue weighted by atomic mass is 16.7. The maximum atomic E-state index is 10.6. The molecule has 1 aliphatic rings. The van der Waals surface area contributed by atoms with Crippen molar-refractivity contribution in [3.05, 3.63) is 30.0 Å². The van der Waals surface area contributed by atoms with Crippen molar-refractivity contribution in [1.82, 2.24) is 9.97 Å². The molecule has 2 heterocycles. The molecule has 0 amide bonds. The quantitative estimate of drug-likeness (QED) is 0.799. The molecule has 90 valence electrons. The van der Waals surface area contributed by atoms with E-state index in [0.717, 1.165) is 5.56 Å². The number of fused-ring (bicyclic) bond motifs is 1. The number of aldehydes is 1. The van der Waals surface area contributed by atoms with Crippen molar-refractivity contribution in [2.45, 2.75) is 0 Å². The van der Waals surface area contributed by atoms with E-state index in [2.05, 4.69) is 9.97 Å². The second-order valence-corrected chi connectivity index (χ2v) is 3.72. The molecule has 0 atom stereocenters. The number of hydrogen-bond acceptors (Lipinski definition) is 6. The Morgan fingerprint density at radius 3 is 2.89 bits per heavy atom. The van der Waals surface area contributed by atoms with E-state index in [1.165, 1.54) is 6.20 Å². The van der Waals surface area contributed by atoms with Gasteiger partial charge in [-0.15, -0.1) is 0 Å². The molecule has 1 aromatic carbocycles. The summed E-state index contributed by atoms with van der Waals surface area (Å²) < 4.78 is 10.5. The van der Waals surface area contributed by atoms with Crippen LogP contribution in [0, 0.1) is 0 Å². The minimum absolute atomic E-state index is 0.160. The van der Waals surface area contributed by atoms with Gasteiger partial charge >= 0.3 is 0 Å². The highest BCUT2D eigenvalue weighted by Gasteiger charge is 2.15. The van der Waals surface area contributed by atoms with E-state index >= 15 is 0 Å². The minimum atomic E-state index is 0.160. The van der Waals surface area contributed by atoms with Gasteiger partial charge in [-0.3, -0.25) is 4.79 Å². The molecule has 0 saturated carbocycles. The SMILES string of the molecule is Nc1nc(-c2ccc3c(c2)OCO3)ncc1C=O. The first-order valence-electron chi connectivity index (χ1n) is 5.25. The lowest BCUT2D eigenvalue weighted by atomic mass is 10.2. The summed E-state index contributed by atoms with van der Waals surface area (Å²) in [7, 11) is 0. The fraction of sp³-hybridized carbons (Fsp3) is 0.0833. The summed E-state index contributed by atoms with van der Waals surface area (Å²) in [5.41, 5.74) is 6.67. The van der Waals surface area contributed by atoms with Crippen LogP contribution in [0.5, 0.6) is 11.5 Å². The Kier molecular flexibility index (Phi) is 2.33. The molecule has 6 nitrogen and oxygen atoms in total. The van der Waals surface area contributed by atoms with E-state index < -0.39 is 0 Å². The molecule has 0 aliphatic carbocycles. The number of nitrogen functional groups attached to an aromatic ring is 1. The van der Waals surface area contributed by atoms with Crippen LogP contribution >= 0.6 is 0 Å². The summed E-state index contributed by atoms with van der Waals surface area (Å²) in [6.07, 6.45) is 2.02. The number of benzene rings is 1. The van der Waals surface area contributed by atoms with Crippen LogP contribution in [0.25, 0.3) is 11.4 Å². The normalized spacial score (nSPS) is 12.4. The second-order valence-electron chi connectivity index (χ2n) is 3.72. The van der Waals surface area contributed by atoms with Gasteiger partial charge in [0.1, 0.15) is 5.82 Å². The molecule has 0 saturated heterocycles. The number of carbonyl (C=O) groups is 1. The van der Waals surface area contributed by atoms with E-state index in [-0.39, 0.29) is 18.2 Å². The Morgan fingerprint density at radius 2 is 2.11 bits per heavy atom. The Balaban J connectivity index is 2.04. The number of hydrogen-bond donors (Lipinski definition) is 1. The molecule has 0 bridgehead atoms. The summed E-state index contributed by atoms with van der Waals surface area (Å²) in [6.45, 7) is 0.214. The molecule has 2 N–H and O–H groups in total. The van der Waals surface area contributed by atoms with Gasteiger partial charge in [-0.1, -0.05) is 0 Å². The molecule has 0 unspecified atom stereocenters. The van der Waals surface area contributed by atoms with Gasteiger partial charge in [-0.05, 0) is 18.2 Å². The van der Waals surface area contributed by atoms with Crippen LogP contribution in [0.15, 0.2) is 24.4 Å². The van der Waals surface area contributed by atoms with Gasteiger partial charge in [-0.2, -0.15) is 0 Å². The first kappa shape index (κ1) is 10.5. The number of rotatable bonds is 2. The Hall–Kier alpha value is -2.63. The van der Waals surface area contributed by atoms with E-state index in [9.17, 15) is 4.79 Å². The molecule has 0 spiro atoms. The summed E-state index contributed by atoms with van der Waals surface area (Å²) in [5, 5.41) is 0. The van der Waals surface area contributed by atoms with Gasteiger partial charge in [0, 0.05) is 11.8 Å². The highest BCUT2D eigenvalue weighted by Crippen LogP contribution is 2.35. The topological polar surface area (TPSA) is 87.3 Å². The zero-order chi connectivity index (χ0) is 12.5. The summed E-state index contributed by atoms with van der Waals surface area (Å²) in [4.78, 5) is 18.8. The fourth-order valence-electron chi connectivity index (χ4n) is 1.67. The van der Waals surface area contributed by atoms with Crippen LogP contribution in [0.3, 0.4) is 0 Å². The molecule has 3 rings (SSSR count). The molecule has 1 aliphatic heterocycles. The third-order valence-corrected chi connectivity index (χ3v) is 2.61. The van der Waals surface area contributed by atoms with Crippen molar-refractivity contribution in [2.75, 3.05) is 12.5 Å². The van der Waals surface area contributed by atoms with Crippen molar-refractivity contribution in [1.29, 1.82) is 0 Å². The predicted octanol–water partition coefficient (Wildman–Crippen LogP) is 1.27. The standard InChI is InChI=1S/C12H9N3O3/c13-11-8(5-16)4-14-12(15-11)7-1-2-9-10(3-7)18-6-17-9/h1-5H,6H2,(H2,13,14,15). The number of aromatic nitrogens is 2. The zero-order valence-corrected chi connectivity index (χ0v) is 9.29. The molecule has 18 heavy (non-hydrogen) atoms. The van der Waals surface area contributed by atoms with E-state index in [0.29, 0.717) is 23.6 Å². The van der Waals surface area contributed by atoms with Crippen molar-refractivity contribution < 1.29 is 14.3 Å².